The van der Waals surface area contributed by atoms with Gasteiger partial charge < -0.3 is 18.9 Å². The molecule has 1 aliphatic heterocycles. The van der Waals surface area contributed by atoms with E-state index in [2.05, 4.69) is 14.5 Å². The van der Waals surface area contributed by atoms with E-state index in [1.54, 1.807) is 50.0 Å². The molecule has 0 aliphatic carbocycles. The maximum Gasteiger partial charge on any atom is 0.243 e. The van der Waals surface area contributed by atoms with E-state index in [0.29, 0.717) is 63.4 Å². The summed E-state index contributed by atoms with van der Waals surface area (Å²) in [6.45, 7) is 2.54. The zero-order chi connectivity index (χ0) is 30.8. The van der Waals surface area contributed by atoms with Crippen molar-refractivity contribution < 1.29 is 22.7 Å². The van der Waals surface area contributed by atoms with Crippen molar-refractivity contribution in [2.24, 2.45) is 0 Å². The highest BCUT2D eigenvalue weighted by Crippen LogP contribution is 2.24. The summed E-state index contributed by atoms with van der Waals surface area (Å²) < 4.78 is 42.2. The van der Waals surface area contributed by atoms with Crippen molar-refractivity contribution in [1.29, 1.82) is 0 Å². The predicted octanol–water partition coefficient (Wildman–Crippen LogP) is 4.67. The molecule has 3 heterocycles. The fourth-order valence-electron chi connectivity index (χ4n) is 5.33. The van der Waals surface area contributed by atoms with Crippen LogP contribution in [0.4, 0.5) is 0 Å². The van der Waals surface area contributed by atoms with Crippen molar-refractivity contribution in [3.8, 4) is 22.9 Å². The molecule has 0 spiro atoms. The lowest BCUT2D eigenvalue weighted by Crippen LogP contribution is -2.37. The van der Waals surface area contributed by atoms with E-state index in [-0.39, 0.29) is 24.0 Å². The smallest absolute Gasteiger partial charge is 0.243 e. The lowest BCUT2D eigenvalue weighted by molar-refractivity contribution is -0.131. The highest BCUT2D eigenvalue weighted by atomic mass is 32.2. The van der Waals surface area contributed by atoms with Crippen LogP contribution in [0.15, 0.2) is 90.3 Å². The molecule has 1 amide bonds. The second-order valence-corrected chi connectivity index (χ2v) is 12.6. The summed E-state index contributed by atoms with van der Waals surface area (Å²) in [4.78, 5) is 24.2. The van der Waals surface area contributed by atoms with Gasteiger partial charge in [0.25, 0.3) is 0 Å². The Morgan fingerprint density at radius 3 is 2.55 bits per heavy atom. The number of benzene rings is 2. The molecule has 2 aromatic heterocycles. The van der Waals surface area contributed by atoms with Crippen LogP contribution in [0, 0.1) is 0 Å². The number of amides is 1. The van der Waals surface area contributed by atoms with E-state index in [4.69, 9.17) is 9.47 Å². The monoisotopic (exact) mass is 617 g/mol. The number of sulfonamides is 1. The molecule has 2 bridgehead atoms. The lowest BCUT2D eigenvalue weighted by atomic mass is 10.1. The number of imidazole rings is 1. The Hall–Kier alpha value is -4.22. The first kappa shape index (κ1) is 31.2. The molecule has 232 valence electrons. The number of carbonyl (C=O) groups excluding carboxylic acids is 1. The quantitative estimate of drug-likeness (QED) is 0.310. The van der Waals surface area contributed by atoms with Crippen molar-refractivity contribution >= 4 is 15.9 Å². The van der Waals surface area contributed by atoms with Crippen molar-refractivity contribution in [2.75, 3.05) is 39.9 Å². The fourth-order valence-corrected chi connectivity index (χ4v) is 6.79. The molecule has 2 aromatic carbocycles. The number of rotatable bonds is 6. The summed E-state index contributed by atoms with van der Waals surface area (Å²) in [5.74, 6) is 2.14. The molecule has 44 heavy (non-hydrogen) atoms. The van der Waals surface area contributed by atoms with Crippen LogP contribution < -0.4 is 9.47 Å². The van der Waals surface area contributed by atoms with Crippen LogP contribution in [-0.4, -0.2) is 78.0 Å². The average Bonchev–Trinajstić information content (AvgIpc) is 3.52. The molecule has 0 N–H and O–H groups in total. The number of hydrogen-bond donors (Lipinski definition) is 0. The Morgan fingerprint density at radius 1 is 0.932 bits per heavy atom. The number of nitrogens with zero attached hydrogens (tertiary/aromatic N) is 5. The van der Waals surface area contributed by atoms with Gasteiger partial charge in [-0.25, -0.2) is 13.4 Å². The van der Waals surface area contributed by atoms with Gasteiger partial charge in [0.15, 0.2) is 0 Å². The molecule has 0 saturated carbocycles. The minimum atomic E-state index is -3.78. The number of aromatic nitrogens is 3. The second-order valence-electron chi connectivity index (χ2n) is 10.7. The highest BCUT2D eigenvalue weighted by Gasteiger charge is 2.25. The van der Waals surface area contributed by atoms with Crippen molar-refractivity contribution in [3.05, 3.63) is 91.0 Å². The summed E-state index contributed by atoms with van der Waals surface area (Å²) in [5.41, 5.74) is 1.93. The van der Waals surface area contributed by atoms with Crippen LogP contribution in [0.25, 0.3) is 11.4 Å². The summed E-state index contributed by atoms with van der Waals surface area (Å²) in [5, 5.41) is 0. The van der Waals surface area contributed by atoms with E-state index in [1.165, 1.54) is 4.31 Å². The maximum atomic E-state index is 13.7. The van der Waals surface area contributed by atoms with Crippen LogP contribution in [0.1, 0.15) is 31.2 Å². The minimum Gasteiger partial charge on any atom is -0.497 e. The lowest BCUT2D eigenvalue weighted by Gasteiger charge is -2.25. The third-order valence-corrected chi connectivity index (χ3v) is 9.64. The van der Waals surface area contributed by atoms with Crippen molar-refractivity contribution in [3.63, 3.8) is 0 Å². The molecule has 0 radical (unpaired) electrons. The number of aryl methyl sites for hydroxylation is 2. The predicted molar refractivity (Wildman–Crippen MR) is 168 cm³/mol. The van der Waals surface area contributed by atoms with E-state index in [1.807, 2.05) is 47.5 Å². The highest BCUT2D eigenvalue weighted by molar-refractivity contribution is 7.89. The summed E-state index contributed by atoms with van der Waals surface area (Å²) in [6, 6.07) is 18.0. The topological polar surface area (TPSA) is 107 Å². The van der Waals surface area contributed by atoms with Crippen LogP contribution in [0.2, 0.25) is 0 Å². The largest absolute Gasteiger partial charge is 0.497 e. The SMILES string of the molecule is COc1ccc(S(=O)(=O)N2CCCCN(C(=O)CCc3cccnc3)CCCn3ccnc3-c3cccc(c3)OCC2)cc1. The van der Waals surface area contributed by atoms with Gasteiger partial charge in [-0.3, -0.25) is 9.78 Å². The summed E-state index contributed by atoms with van der Waals surface area (Å²) in [7, 11) is -2.24. The van der Waals surface area contributed by atoms with Crippen LogP contribution in [-0.2, 0) is 27.8 Å². The number of methoxy groups -OCH3 is 1. The molecule has 10 nitrogen and oxygen atoms in total. The van der Waals surface area contributed by atoms with Gasteiger partial charge in [-0.15, -0.1) is 0 Å². The van der Waals surface area contributed by atoms with Gasteiger partial charge >= 0.3 is 0 Å². The van der Waals surface area contributed by atoms with Gasteiger partial charge in [-0.1, -0.05) is 18.2 Å². The normalized spacial score (nSPS) is 15.5. The molecule has 0 fully saturated rings. The number of carbonyl (C=O) groups is 1. The second kappa shape index (κ2) is 15.0. The zero-order valence-electron chi connectivity index (χ0n) is 25.0. The van der Waals surface area contributed by atoms with Gasteiger partial charge in [-0.2, -0.15) is 4.31 Å². The third kappa shape index (κ3) is 8.03. The molecule has 4 aromatic rings. The van der Waals surface area contributed by atoms with Crippen molar-refractivity contribution in [1.82, 2.24) is 23.7 Å². The molecule has 5 rings (SSSR count). The Balaban J connectivity index is 1.36. The van der Waals surface area contributed by atoms with Gasteiger partial charge in [-0.05, 0) is 73.7 Å². The van der Waals surface area contributed by atoms with Gasteiger partial charge in [0.2, 0.25) is 15.9 Å². The van der Waals surface area contributed by atoms with Crippen molar-refractivity contribution in [2.45, 2.75) is 43.5 Å². The molecule has 0 unspecified atom stereocenters. The molecule has 0 atom stereocenters. The van der Waals surface area contributed by atoms with Gasteiger partial charge in [0.05, 0.1) is 12.0 Å². The summed E-state index contributed by atoms with van der Waals surface area (Å²) >= 11 is 0. The Labute approximate surface area is 259 Å². The average molecular weight is 618 g/mol. The maximum absolute atomic E-state index is 13.7. The van der Waals surface area contributed by atoms with Crippen LogP contribution in [0.5, 0.6) is 11.5 Å². The Kier molecular flexibility index (Phi) is 10.6. The van der Waals surface area contributed by atoms with Crippen LogP contribution >= 0.6 is 0 Å². The number of ether oxygens (including phenoxy) is 2. The third-order valence-electron chi connectivity index (χ3n) is 7.73. The first-order valence-electron chi connectivity index (χ1n) is 15.0. The zero-order valence-corrected chi connectivity index (χ0v) is 25.9. The Bertz CT molecular complexity index is 1610. The summed E-state index contributed by atoms with van der Waals surface area (Å²) in [6.07, 6.45) is 10.3. The van der Waals surface area contributed by atoms with E-state index < -0.39 is 10.0 Å². The number of pyridine rings is 1. The number of hydrogen-bond acceptors (Lipinski definition) is 7. The minimum absolute atomic E-state index is 0.0847. The Morgan fingerprint density at radius 2 is 1.75 bits per heavy atom. The molecule has 11 heteroatoms. The van der Waals surface area contributed by atoms with Gasteiger partial charge in [0, 0.05) is 69.5 Å². The molecular weight excluding hydrogens is 578 g/mol. The first-order valence-corrected chi connectivity index (χ1v) is 16.4. The van der Waals surface area contributed by atoms with E-state index in [9.17, 15) is 13.2 Å². The molecular formula is C33H39N5O5S. The standard InChI is InChI=1S/C33H39N5O5S/c1-42-29-11-13-31(14-12-29)44(40,41)38-21-3-2-18-36(32(39)15-10-27-7-5-16-34-26-27)19-6-20-37-22-17-35-33(37)28-8-4-9-30(25-28)43-24-23-38/h4-5,7-9,11-14,16-17,22,25-26H,2-3,6,10,15,18-21,23-24H2,1H3. The number of fused-ring (bicyclic) bond motifs is 4. The van der Waals surface area contributed by atoms with E-state index in [0.717, 1.165) is 23.4 Å². The van der Waals surface area contributed by atoms with E-state index >= 15 is 0 Å². The van der Waals surface area contributed by atoms with Crippen LogP contribution in [0.3, 0.4) is 0 Å². The molecule has 1 aliphatic rings. The fraction of sp³-hybridized carbons (Fsp3) is 0.364. The molecule has 0 saturated heterocycles. The first-order chi connectivity index (χ1) is 21.4. The van der Waals surface area contributed by atoms with Gasteiger partial charge in [0.1, 0.15) is 23.9 Å².